The van der Waals surface area contributed by atoms with Crippen molar-refractivity contribution >= 4 is 23.5 Å². The lowest BCUT2D eigenvalue weighted by Crippen LogP contribution is -2.53. The average molecular weight is 373 g/mol. The molecule has 138 valence electrons. The van der Waals surface area contributed by atoms with Gasteiger partial charge in [-0.05, 0) is 46.9 Å². The van der Waals surface area contributed by atoms with Gasteiger partial charge in [-0.3, -0.25) is 4.90 Å². The van der Waals surface area contributed by atoms with E-state index in [-0.39, 0.29) is 6.03 Å². The fourth-order valence-electron chi connectivity index (χ4n) is 3.59. The third-order valence-electron chi connectivity index (χ3n) is 5.05. The molecule has 0 bridgehead atoms. The van der Waals surface area contributed by atoms with Crippen LogP contribution in [0.1, 0.15) is 12.8 Å². The highest BCUT2D eigenvalue weighted by atomic mass is 32.2. The zero-order chi connectivity index (χ0) is 17.8. The van der Waals surface area contributed by atoms with E-state index in [4.69, 9.17) is 0 Å². The van der Waals surface area contributed by atoms with Gasteiger partial charge in [0.1, 0.15) is 6.33 Å². The summed E-state index contributed by atoms with van der Waals surface area (Å²) in [5.74, 6) is 2.53. The van der Waals surface area contributed by atoms with E-state index in [1.807, 2.05) is 29.2 Å². The number of rotatable bonds is 3. The van der Waals surface area contributed by atoms with E-state index in [9.17, 15) is 4.79 Å². The number of aromatic nitrogens is 4. The summed E-state index contributed by atoms with van der Waals surface area (Å²) in [6.07, 6.45) is 4.07. The smallest absolute Gasteiger partial charge is 0.321 e. The summed E-state index contributed by atoms with van der Waals surface area (Å²) < 4.78 is 1.55. The molecule has 0 atom stereocenters. The normalized spacial score (nSPS) is 19.5. The van der Waals surface area contributed by atoms with E-state index in [2.05, 4.69) is 37.5 Å². The number of thioether (sulfide) groups is 1. The van der Waals surface area contributed by atoms with E-state index in [1.165, 1.54) is 30.7 Å². The third-order valence-corrected chi connectivity index (χ3v) is 6.10. The van der Waals surface area contributed by atoms with Crippen LogP contribution in [0.25, 0.3) is 5.69 Å². The fourth-order valence-corrected chi connectivity index (χ4v) is 4.67. The highest BCUT2D eigenvalue weighted by molar-refractivity contribution is 7.99. The van der Waals surface area contributed by atoms with Gasteiger partial charge in [0.25, 0.3) is 0 Å². The number of piperazine rings is 1. The Morgan fingerprint density at radius 1 is 1.12 bits per heavy atom. The van der Waals surface area contributed by atoms with Crippen LogP contribution in [-0.4, -0.2) is 79.8 Å². The van der Waals surface area contributed by atoms with Crippen molar-refractivity contribution in [1.29, 1.82) is 0 Å². The zero-order valence-corrected chi connectivity index (χ0v) is 15.4. The third kappa shape index (κ3) is 3.83. The van der Waals surface area contributed by atoms with Gasteiger partial charge in [0, 0.05) is 32.2 Å². The highest BCUT2D eigenvalue weighted by Gasteiger charge is 2.27. The van der Waals surface area contributed by atoms with E-state index in [1.54, 1.807) is 4.68 Å². The first-order valence-corrected chi connectivity index (χ1v) is 10.2. The quantitative estimate of drug-likeness (QED) is 0.882. The van der Waals surface area contributed by atoms with Crippen LogP contribution in [-0.2, 0) is 0 Å². The predicted octanol–water partition coefficient (Wildman–Crippen LogP) is 1.71. The summed E-state index contributed by atoms with van der Waals surface area (Å²) in [4.78, 5) is 17.2. The molecule has 26 heavy (non-hydrogen) atoms. The van der Waals surface area contributed by atoms with E-state index >= 15 is 0 Å². The number of nitrogens with one attached hydrogen (secondary N) is 1. The van der Waals surface area contributed by atoms with Crippen LogP contribution in [0, 0.1) is 0 Å². The van der Waals surface area contributed by atoms with Crippen LogP contribution in [0.3, 0.4) is 0 Å². The Kier molecular flexibility index (Phi) is 5.35. The van der Waals surface area contributed by atoms with Crippen molar-refractivity contribution < 1.29 is 4.79 Å². The second-order valence-corrected chi connectivity index (χ2v) is 7.79. The SMILES string of the molecule is O=C(Nc1ccccc1-n1cnnn1)N1CCN(C2CCSCC2)CC1. The number of nitrogens with zero attached hydrogens (tertiary/aromatic N) is 6. The number of carbonyl (C=O) groups is 1. The second kappa shape index (κ2) is 8.05. The first kappa shape index (κ1) is 17.3. The Bertz CT molecular complexity index is 724. The molecule has 0 radical (unpaired) electrons. The van der Waals surface area contributed by atoms with Crippen LogP contribution in [0.4, 0.5) is 10.5 Å². The molecule has 1 aromatic carbocycles. The Balaban J connectivity index is 1.36. The summed E-state index contributed by atoms with van der Waals surface area (Å²) >= 11 is 2.05. The van der Waals surface area contributed by atoms with Crippen molar-refractivity contribution in [3.05, 3.63) is 30.6 Å². The predicted molar refractivity (Wildman–Crippen MR) is 102 cm³/mol. The molecule has 4 rings (SSSR count). The van der Waals surface area contributed by atoms with Crippen molar-refractivity contribution in [2.75, 3.05) is 43.0 Å². The van der Waals surface area contributed by atoms with Crippen molar-refractivity contribution in [3.8, 4) is 5.69 Å². The van der Waals surface area contributed by atoms with Gasteiger partial charge in [0.05, 0.1) is 11.4 Å². The molecule has 8 nitrogen and oxygen atoms in total. The van der Waals surface area contributed by atoms with Crippen molar-refractivity contribution in [2.24, 2.45) is 0 Å². The summed E-state index contributed by atoms with van der Waals surface area (Å²) in [5.41, 5.74) is 1.46. The van der Waals surface area contributed by atoms with Crippen LogP contribution < -0.4 is 5.32 Å². The number of hydrogen-bond acceptors (Lipinski definition) is 6. The van der Waals surface area contributed by atoms with E-state index in [0.717, 1.165) is 31.9 Å². The number of hydrogen-bond donors (Lipinski definition) is 1. The van der Waals surface area contributed by atoms with Crippen LogP contribution in [0.2, 0.25) is 0 Å². The Hall–Kier alpha value is -2.13. The Labute approximate surface area is 156 Å². The topological polar surface area (TPSA) is 79.2 Å². The summed E-state index contributed by atoms with van der Waals surface area (Å²) in [6.45, 7) is 3.44. The minimum absolute atomic E-state index is 0.0654. The maximum atomic E-state index is 12.7. The molecule has 2 aliphatic rings. The standard InChI is InChI=1S/C17H23N7OS/c25-17(19-15-3-1-2-4-16(15)24-13-18-20-21-24)23-9-7-22(8-10-23)14-5-11-26-12-6-14/h1-4,13-14H,5-12H2,(H,19,25). The van der Waals surface area contributed by atoms with Crippen molar-refractivity contribution in [2.45, 2.75) is 18.9 Å². The van der Waals surface area contributed by atoms with Gasteiger partial charge < -0.3 is 10.2 Å². The number of anilines is 1. The van der Waals surface area contributed by atoms with Crippen LogP contribution in [0.5, 0.6) is 0 Å². The van der Waals surface area contributed by atoms with Gasteiger partial charge in [0.2, 0.25) is 0 Å². The lowest BCUT2D eigenvalue weighted by Gasteiger charge is -2.40. The van der Waals surface area contributed by atoms with Crippen LogP contribution >= 0.6 is 11.8 Å². The lowest BCUT2D eigenvalue weighted by atomic mass is 10.1. The molecular weight excluding hydrogens is 350 g/mol. The van der Waals surface area contributed by atoms with Gasteiger partial charge in [-0.15, -0.1) is 5.10 Å². The maximum absolute atomic E-state index is 12.7. The minimum Gasteiger partial charge on any atom is -0.322 e. The molecule has 3 heterocycles. The minimum atomic E-state index is -0.0654. The molecule has 0 spiro atoms. The number of amides is 2. The lowest BCUT2D eigenvalue weighted by molar-refractivity contribution is 0.108. The fraction of sp³-hybridized carbons (Fsp3) is 0.529. The maximum Gasteiger partial charge on any atom is 0.321 e. The van der Waals surface area contributed by atoms with E-state index < -0.39 is 0 Å². The summed E-state index contributed by atoms with van der Waals surface area (Å²) in [7, 11) is 0. The Morgan fingerprint density at radius 3 is 2.62 bits per heavy atom. The number of benzene rings is 1. The second-order valence-electron chi connectivity index (χ2n) is 6.57. The molecule has 0 aliphatic carbocycles. The van der Waals surface area contributed by atoms with Gasteiger partial charge in [-0.1, -0.05) is 12.1 Å². The Morgan fingerprint density at radius 2 is 1.88 bits per heavy atom. The number of para-hydroxylation sites is 2. The van der Waals surface area contributed by atoms with Gasteiger partial charge in [-0.2, -0.15) is 16.4 Å². The molecule has 2 amide bonds. The monoisotopic (exact) mass is 373 g/mol. The molecule has 1 N–H and O–H groups in total. The molecule has 0 unspecified atom stereocenters. The number of tetrazole rings is 1. The zero-order valence-electron chi connectivity index (χ0n) is 14.6. The molecule has 2 aliphatic heterocycles. The first-order chi connectivity index (χ1) is 12.8. The average Bonchev–Trinajstić information content (AvgIpc) is 3.24. The molecule has 1 aromatic heterocycles. The molecule has 2 saturated heterocycles. The summed E-state index contributed by atoms with van der Waals surface area (Å²) in [6, 6.07) is 8.16. The van der Waals surface area contributed by atoms with E-state index in [0.29, 0.717) is 11.7 Å². The molecule has 2 aromatic rings. The van der Waals surface area contributed by atoms with Gasteiger partial charge >= 0.3 is 6.03 Å². The van der Waals surface area contributed by atoms with Gasteiger partial charge in [0.15, 0.2) is 0 Å². The summed E-state index contributed by atoms with van der Waals surface area (Å²) in [5, 5.41) is 14.2. The highest BCUT2D eigenvalue weighted by Crippen LogP contribution is 2.23. The van der Waals surface area contributed by atoms with Gasteiger partial charge in [-0.25, -0.2) is 4.79 Å². The molecule has 9 heteroatoms. The largest absolute Gasteiger partial charge is 0.322 e. The molecular formula is C17H23N7OS. The molecule has 2 fully saturated rings. The number of carbonyl (C=O) groups excluding carboxylic acids is 1. The number of urea groups is 1. The van der Waals surface area contributed by atoms with Crippen molar-refractivity contribution in [1.82, 2.24) is 30.0 Å². The van der Waals surface area contributed by atoms with Crippen LogP contribution in [0.15, 0.2) is 30.6 Å². The first-order valence-electron chi connectivity index (χ1n) is 9.01. The van der Waals surface area contributed by atoms with Crippen molar-refractivity contribution in [3.63, 3.8) is 0 Å². The molecule has 0 saturated carbocycles.